The maximum Gasteiger partial charge on any atom is 0.125 e. The fourth-order valence-corrected chi connectivity index (χ4v) is 4.50. The SMILES string of the molecule is CCC1CCC(C(N)Cc2cc(Br)cc3c2OCC3)CC1. The topological polar surface area (TPSA) is 35.2 Å². The second-order valence-corrected chi connectivity index (χ2v) is 7.62. The number of ether oxygens (including phenoxy) is 1. The Balaban J connectivity index is 1.67. The number of fused-ring (bicyclic) bond motifs is 1. The van der Waals surface area contributed by atoms with Gasteiger partial charge < -0.3 is 10.5 Å². The molecule has 0 aromatic heterocycles. The van der Waals surface area contributed by atoms with E-state index >= 15 is 0 Å². The predicted molar refractivity (Wildman–Crippen MR) is 90.8 cm³/mol. The summed E-state index contributed by atoms with van der Waals surface area (Å²) in [6, 6.07) is 4.65. The number of hydrogen-bond donors (Lipinski definition) is 1. The fourth-order valence-electron chi connectivity index (χ4n) is 3.94. The molecule has 0 saturated heterocycles. The molecule has 0 spiro atoms. The Kier molecular flexibility index (Phi) is 4.90. The van der Waals surface area contributed by atoms with Crippen LogP contribution in [0.2, 0.25) is 0 Å². The molecule has 1 heterocycles. The van der Waals surface area contributed by atoms with Crippen LogP contribution in [-0.4, -0.2) is 12.6 Å². The molecule has 2 nitrogen and oxygen atoms in total. The first kappa shape index (κ1) is 15.4. The van der Waals surface area contributed by atoms with Crippen molar-refractivity contribution in [3.05, 3.63) is 27.7 Å². The number of hydrogen-bond acceptors (Lipinski definition) is 2. The van der Waals surface area contributed by atoms with Gasteiger partial charge in [-0.2, -0.15) is 0 Å². The maximum atomic E-state index is 6.54. The van der Waals surface area contributed by atoms with Crippen LogP contribution in [0.3, 0.4) is 0 Å². The van der Waals surface area contributed by atoms with Crippen molar-refractivity contribution in [2.45, 2.75) is 57.9 Å². The summed E-state index contributed by atoms with van der Waals surface area (Å²) in [6.07, 6.45) is 8.63. The molecule has 1 atom stereocenters. The smallest absolute Gasteiger partial charge is 0.125 e. The third kappa shape index (κ3) is 3.45. The second-order valence-electron chi connectivity index (χ2n) is 6.71. The summed E-state index contributed by atoms with van der Waals surface area (Å²) in [7, 11) is 0. The average Bonchev–Trinajstić information content (AvgIpc) is 2.95. The fraction of sp³-hybridized carbons (Fsp3) is 0.667. The van der Waals surface area contributed by atoms with Crippen LogP contribution in [0.5, 0.6) is 5.75 Å². The van der Waals surface area contributed by atoms with Crippen LogP contribution in [0, 0.1) is 11.8 Å². The summed E-state index contributed by atoms with van der Waals surface area (Å²) < 4.78 is 6.99. The molecule has 1 aliphatic carbocycles. The normalized spacial score (nSPS) is 26.2. The molecule has 3 heteroatoms. The highest BCUT2D eigenvalue weighted by Gasteiger charge is 2.26. The average molecular weight is 352 g/mol. The van der Waals surface area contributed by atoms with E-state index in [1.165, 1.54) is 43.2 Å². The first-order valence-corrected chi connectivity index (χ1v) is 9.16. The molecule has 1 unspecified atom stereocenters. The molecule has 1 fully saturated rings. The lowest BCUT2D eigenvalue weighted by molar-refractivity contribution is 0.237. The zero-order valence-corrected chi connectivity index (χ0v) is 14.5. The van der Waals surface area contributed by atoms with E-state index in [1.807, 2.05) is 0 Å². The Labute approximate surface area is 136 Å². The number of halogens is 1. The molecule has 116 valence electrons. The van der Waals surface area contributed by atoms with E-state index in [4.69, 9.17) is 10.5 Å². The zero-order valence-electron chi connectivity index (χ0n) is 12.9. The highest BCUT2D eigenvalue weighted by molar-refractivity contribution is 9.10. The van der Waals surface area contributed by atoms with Crippen LogP contribution in [-0.2, 0) is 12.8 Å². The minimum atomic E-state index is 0.269. The molecule has 1 aromatic rings. The third-order valence-corrected chi connectivity index (χ3v) is 5.81. The van der Waals surface area contributed by atoms with Crippen LogP contribution < -0.4 is 10.5 Å². The largest absolute Gasteiger partial charge is 0.493 e. The van der Waals surface area contributed by atoms with E-state index in [1.54, 1.807) is 0 Å². The van der Waals surface area contributed by atoms with Crippen LogP contribution in [0.15, 0.2) is 16.6 Å². The molecule has 0 bridgehead atoms. The highest BCUT2D eigenvalue weighted by atomic mass is 79.9. The summed E-state index contributed by atoms with van der Waals surface area (Å²) in [5.74, 6) is 2.73. The predicted octanol–water partition coefficient (Wildman–Crippen LogP) is 4.47. The van der Waals surface area contributed by atoms with E-state index in [-0.39, 0.29) is 6.04 Å². The Morgan fingerprint density at radius 3 is 2.76 bits per heavy atom. The molecule has 2 aliphatic rings. The lowest BCUT2D eigenvalue weighted by atomic mass is 9.76. The molecule has 0 amide bonds. The molecular weight excluding hydrogens is 326 g/mol. The Hall–Kier alpha value is -0.540. The van der Waals surface area contributed by atoms with Gasteiger partial charge in [0.2, 0.25) is 0 Å². The van der Waals surface area contributed by atoms with Gasteiger partial charge in [0.05, 0.1) is 6.61 Å². The molecular formula is C18H26BrNO. The standard InChI is InChI=1S/C18H26BrNO/c1-2-12-3-5-13(6-4-12)17(20)11-15-10-16(19)9-14-7-8-21-18(14)15/h9-10,12-13,17H,2-8,11,20H2,1H3. The maximum absolute atomic E-state index is 6.54. The van der Waals surface area contributed by atoms with Gasteiger partial charge in [-0.05, 0) is 54.4 Å². The number of benzene rings is 1. The molecule has 1 saturated carbocycles. The van der Waals surface area contributed by atoms with Crippen molar-refractivity contribution in [2.75, 3.05) is 6.61 Å². The minimum absolute atomic E-state index is 0.269. The first-order valence-electron chi connectivity index (χ1n) is 8.37. The summed E-state index contributed by atoms with van der Waals surface area (Å²) in [5.41, 5.74) is 9.17. The van der Waals surface area contributed by atoms with E-state index in [9.17, 15) is 0 Å². The Morgan fingerprint density at radius 1 is 1.29 bits per heavy atom. The first-order chi connectivity index (χ1) is 10.2. The Morgan fingerprint density at radius 2 is 2.05 bits per heavy atom. The van der Waals surface area contributed by atoms with Gasteiger partial charge in [0.15, 0.2) is 0 Å². The molecule has 1 aliphatic heterocycles. The second kappa shape index (κ2) is 6.70. The molecule has 21 heavy (non-hydrogen) atoms. The minimum Gasteiger partial charge on any atom is -0.493 e. The summed E-state index contributed by atoms with van der Waals surface area (Å²) in [5, 5.41) is 0. The van der Waals surface area contributed by atoms with Crippen molar-refractivity contribution < 1.29 is 4.74 Å². The van der Waals surface area contributed by atoms with Crippen molar-refractivity contribution in [2.24, 2.45) is 17.6 Å². The van der Waals surface area contributed by atoms with Gasteiger partial charge in [0, 0.05) is 16.9 Å². The Bertz CT molecular complexity index is 494. The van der Waals surface area contributed by atoms with Crippen molar-refractivity contribution in [1.29, 1.82) is 0 Å². The molecule has 0 radical (unpaired) electrons. The van der Waals surface area contributed by atoms with Gasteiger partial charge in [-0.3, -0.25) is 0 Å². The van der Waals surface area contributed by atoms with Crippen molar-refractivity contribution in [3.63, 3.8) is 0 Å². The van der Waals surface area contributed by atoms with E-state index < -0.39 is 0 Å². The van der Waals surface area contributed by atoms with Gasteiger partial charge >= 0.3 is 0 Å². The summed E-state index contributed by atoms with van der Waals surface area (Å²) in [4.78, 5) is 0. The summed E-state index contributed by atoms with van der Waals surface area (Å²) >= 11 is 3.62. The molecule has 2 N–H and O–H groups in total. The highest BCUT2D eigenvalue weighted by Crippen LogP contribution is 2.36. The quantitative estimate of drug-likeness (QED) is 0.868. The zero-order chi connectivity index (χ0) is 14.8. The number of rotatable bonds is 4. The van der Waals surface area contributed by atoms with Gasteiger partial charge in [0.25, 0.3) is 0 Å². The van der Waals surface area contributed by atoms with Gasteiger partial charge in [-0.15, -0.1) is 0 Å². The van der Waals surface area contributed by atoms with Crippen molar-refractivity contribution in [3.8, 4) is 5.75 Å². The van der Waals surface area contributed by atoms with Crippen LogP contribution in [0.25, 0.3) is 0 Å². The summed E-state index contributed by atoms with van der Waals surface area (Å²) in [6.45, 7) is 3.13. The monoisotopic (exact) mass is 351 g/mol. The van der Waals surface area contributed by atoms with Gasteiger partial charge in [-0.1, -0.05) is 42.1 Å². The van der Waals surface area contributed by atoms with Crippen LogP contribution in [0.1, 0.15) is 50.2 Å². The van der Waals surface area contributed by atoms with Crippen molar-refractivity contribution >= 4 is 15.9 Å². The van der Waals surface area contributed by atoms with Crippen molar-refractivity contribution in [1.82, 2.24) is 0 Å². The molecule has 3 rings (SSSR count). The van der Waals surface area contributed by atoms with Gasteiger partial charge in [0.1, 0.15) is 5.75 Å². The third-order valence-electron chi connectivity index (χ3n) is 5.36. The van der Waals surface area contributed by atoms with E-state index in [0.717, 1.165) is 35.6 Å². The molecule has 1 aromatic carbocycles. The van der Waals surface area contributed by atoms with Crippen LogP contribution in [0.4, 0.5) is 0 Å². The lowest BCUT2D eigenvalue weighted by Crippen LogP contribution is -2.35. The number of nitrogens with two attached hydrogens (primary N) is 1. The van der Waals surface area contributed by atoms with Crippen LogP contribution >= 0.6 is 15.9 Å². The van der Waals surface area contributed by atoms with E-state index in [0.29, 0.717) is 5.92 Å². The lowest BCUT2D eigenvalue weighted by Gasteiger charge is -2.32. The van der Waals surface area contributed by atoms with E-state index in [2.05, 4.69) is 35.0 Å². The van der Waals surface area contributed by atoms with Gasteiger partial charge in [-0.25, -0.2) is 0 Å².